The Labute approximate surface area is 279 Å². The van der Waals surface area contributed by atoms with Crippen LogP contribution in [0, 0.1) is 0 Å². The summed E-state index contributed by atoms with van der Waals surface area (Å²) in [6, 6.07) is 21.0. The molecule has 0 aliphatic rings. The summed E-state index contributed by atoms with van der Waals surface area (Å²) in [7, 11) is -14.2. The molecular formula is C32H34O9S5. The number of thioether (sulfide) groups is 1. The van der Waals surface area contributed by atoms with Crippen molar-refractivity contribution < 1.29 is 39.1 Å². The van der Waals surface area contributed by atoms with Crippen molar-refractivity contribution in [3.8, 4) is 11.5 Å². The van der Waals surface area contributed by atoms with Crippen molar-refractivity contribution in [2.45, 2.75) is 86.0 Å². The molecule has 9 nitrogen and oxygen atoms in total. The lowest BCUT2D eigenvalue weighted by Gasteiger charge is -2.22. The Morgan fingerprint density at radius 3 is 1.50 bits per heavy atom. The molecule has 0 amide bonds. The molecule has 0 saturated heterocycles. The summed E-state index contributed by atoms with van der Waals surface area (Å²) in [4.78, 5) is -0.441. The maximum absolute atomic E-state index is 13.5. The maximum atomic E-state index is 13.5. The van der Waals surface area contributed by atoms with Crippen LogP contribution < -0.4 is 4.74 Å². The molecule has 0 atom stereocenters. The topological polar surface area (TPSA) is 152 Å². The van der Waals surface area contributed by atoms with Crippen molar-refractivity contribution in [2.24, 2.45) is 0 Å². The van der Waals surface area contributed by atoms with Crippen LogP contribution in [0.3, 0.4) is 0 Å². The Hall–Kier alpha value is -2.85. The van der Waals surface area contributed by atoms with Gasteiger partial charge in [0.1, 0.15) is 16.4 Å². The van der Waals surface area contributed by atoms with Gasteiger partial charge in [0, 0.05) is 19.4 Å². The maximum Gasteiger partial charge on any atom is 0.295 e. The second-order valence-corrected chi connectivity index (χ2v) is 20.1. The summed E-state index contributed by atoms with van der Waals surface area (Å²) < 4.78 is 102. The summed E-state index contributed by atoms with van der Waals surface area (Å²) in [6.07, 6.45) is 0. The molecule has 0 saturated carbocycles. The third-order valence-electron chi connectivity index (χ3n) is 6.39. The van der Waals surface area contributed by atoms with E-state index in [1.54, 1.807) is 56.8 Å². The van der Waals surface area contributed by atoms with Gasteiger partial charge in [0.2, 0.25) is 9.84 Å². The first-order valence-electron chi connectivity index (χ1n) is 13.8. The summed E-state index contributed by atoms with van der Waals surface area (Å²) in [5, 5.41) is 0. The fraction of sp³-hybridized carbons (Fsp3) is 0.250. The van der Waals surface area contributed by atoms with Crippen molar-refractivity contribution in [3.05, 3.63) is 90.5 Å². The molecule has 0 spiro atoms. The SMILES string of the molecule is CC(C)(C)Sc1ccc(Oc2ccc(Sc3ccc(S(=O)(=O)c4ccc(C(C)(C)C)c(S(=O)(=O)O)c4)cc3S(=O)(=O)O)cc2)cc1. The molecule has 0 radical (unpaired) electrons. The highest BCUT2D eigenvalue weighted by Gasteiger charge is 2.29. The number of hydrogen-bond donors (Lipinski definition) is 2. The Kier molecular flexibility index (Phi) is 10.2. The van der Waals surface area contributed by atoms with E-state index in [4.69, 9.17) is 4.74 Å². The molecule has 14 heteroatoms. The molecule has 0 bridgehead atoms. The van der Waals surface area contributed by atoms with Gasteiger partial charge >= 0.3 is 0 Å². The van der Waals surface area contributed by atoms with Crippen molar-refractivity contribution in [3.63, 3.8) is 0 Å². The fourth-order valence-corrected chi connectivity index (χ4v) is 9.58. The number of rotatable bonds is 9. The quantitative estimate of drug-likeness (QED) is 0.127. The summed E-state index contributed by atoms with van der Waals surface area (Å²) in [6.45, 7) is 11.5. The molecule has 0 aliphatic heterocycles. The van der Waals surface area contributed by atoms with Crippen LogP contribution in [0.25, 0.3) is 0 Å². The largest absolute Gasteiger partial charge is 0.457 e. The molecule has 4 aromatic rings. The van der Waals surface area contributed by atoms with Gasteiger partial charge in [0.05, 0.1) is 14.7 Å². The van der Waals surface area contributed by atoms with Crippen molar-refractivity contribution in [1.29, 1.82) is 0 Å². The lowest BCUT2D eigenvalue weighted by molar-refractivity contribution is 0.475. The van der Waals surface area contributed by atoms with Crippen molar-refractivity contribution in [2.75, 3.05) is 0 Å². The Bertz CT molecular complexity index is 2080. The fourth-order valence-electron chi connectivity index (χ4n) is 4.35. The first-order chi connectivity index (χ1) is 21.0. The van der Waals surface area contributed by atoms with Crippen molar-refractivity contribution in [1.82, 2.24) is 0 Å². The van der Waals surface area contributed by atoms with Crippen LogP contribution in [0.1, 0.15) is 47.1 Å². The van der Waals surface area contributed by atoms with E-state index in [1.807, 2.05) is 24.3 Å². The average Bonchev–Trinajstić information content (AvgIpc) is 2.92. The van der Waals surface area contributed by atoms with Crippen LogP contribution >= 0.6 is 23.5 Å². The van der Waals surface area contributed by atoms with E-state index in [1.165, 1.54) is 18.2 Å². The molecular weight excluding hydrogens is 689 g/mol. The molecule has 46 heavy (non-hydrogen) atoms. The molecule has 0 aliphatic carbocycles. The monoisotopic (exact) mass is 722 g/mol. The zero-order chi connectivity index (χ0) is 34.3. The summed E-state index contributed by atoms with van der Waals surface area (Å²) >= 11 is 2.73. The summed E-state index contributed by atoms with van der Waals surface area (Å²) in [5.74, 6) is 1.18. The molecule has 0 unspecified atom stereocenters. The minimum absolute atomic E-state index is 0.0590. The second-order valence-electron chi connectivity index (χ2n) is 12.3. The van der Waals surface area contributed by atoms with Gasteiger partial charge in [-0.3, -0.25) is 9.11 Å². The molecule has 0 fully saturated rings. The van der Waals surface area contributed by atoms with Crippen LogP contribution in [0.2, 0.25) is 0 Å². The number of benzene rings is 4. The van der Waals surface area contributed by atoms with Gasteiger partial charge in [-0.1, -0.05) is 59.4 Å². The highest BCUT2D eigenvalue weighted by Crippen LogP contribution is 2.38. The highest BCUT2D eigenvalue weighted by molar-refractivity contribution is 8.00. The van der Waals surface area contributed by atoms with Gasteiger partial charge in [0.15, 0.2) is 0 Å². The van der Waals surface area contributed by atoms with E-state index in [0.29, 0.717) is 16.4 Å². The predicted molar refractivity (Wildman–Crippen MR) is 179 cm³/mol. The number of sulfone groups is 1. The average molecular weight is 723 g/mol. The standard InChI is InChI=1S/C32H34O9S5/c1-31(2,3)27-17-15-25(19-29(27)45(35,36)37)44(33,34)26-16-18-28(30(20-26)46(38,39)40)42-23-11-7-21(8-12-23)41-22-9-13-24(14-10-22)43-32(4,5)6/h7-20H,1-6H3,(H,35,36,37)(H,38,39,40). The lowest BCUT2D eigenvalue weighted by atomic mass is 9.87. The zero-order valence-corrected chi connectivity index (χ0v) is 30.0. The highest BCUT2D eigenvalue weighted by atomic mass is 32.2. The summed E-state index contributed by atoms with van der Waals surface area (Å²) in [5.41, 5.74) is -0.547. The predicted octanol–water partition coefficient (Wildman–Crippen LogP) is 8.14. The van der Waals surface area contributed by atoms with Crippen LogP contribution in [-0.2, 0) is 35.5 Å². The smallest absolute Gasteiger partial charge is 0.295 e. The lowest BCUT2D eigenvalue weighted by Crippen LogP contribution is -2.17. The van der Waals surface area contributed by atoms with E-state index in [9.17, 15) is 34.4 Å². The van der Waals surface area contributed by atoms with E-state index in [2.05, 4.69) is 20.8 Å². The number of hydrogen-bond acceptors (Lipinski definition) is 9. The molecule has 246 valence electrons. The van der Waals surface area contributed by atoms with Gasteiger partial charge in [-0.25, -0.2) is 8.42 Å². The van der Waals surface area contributed by atoms with Gasteiger partial charge in [-0.2, -0.15) is 16.8 Å². The van der Waals surface area contributed by atoms with E-state index >= 15 is 0 Å². The minimum atomic E-state index is -4.89. The van der Waals surface area contributed by atoms with Crippen LogP contribution in [0.4, 0.5) is 0 Å². The third-order valence-corrected chi connectivity index (χ3v) is 12.3. The second kappa shape index (κ2) is 13.0. The van der Waals surface area contributed by atoms with Crippen LogP contribution in [-0.4, -0.2) is 39.1 Å². The molecule has 4 rings (SSSR count). The molecule has 0 heterocycles. The van der Waals surface area contributed by atoms with Gasteiger partial charge in [-0.05, 0) is 89.8 Å². The first kappa shape index (κ1) is 36.0. The molecule has 0 aromatic heterocycles. The first-order valence-corrected chi connectivity index (χ1v) is 19.8. The van der Waals surface area contributed by atoms with Crippen LogP contribution in [0.5, 0.6) is 11.5 Å². The molecule has 4 aromatic carbocycles. The third kappa shape index (κ3) is 8.94. The van der Waals surface area contributed by atoms with E-state index in [0.717, 1.165) is 34.9 Å². The normalized spacial score (nSPS) is 13.0. The minimum Gasteiger partial charge on any atom is -0.457 e. The Morgan fingerprint density at radius 2 is 1.04 bits per heavy atom. The van der Waals surface area contributed by atoms with E-state index in [-0.39, 0.29) is 15.2 Å². The van der Waals surface area contributed by atoms with Gasteiger partial charge < -0.3 is 4.74 Å². The van der Waals surface area contributed by atoms with E-state index < -0.39 is 55.1 Å². The van der Waals surface area contributed by atoms with Gasteiger partial charge in [0.25, 0.3) is 20.2 Å². The van der Waals surface area contributed by atoms with Crippen LogP contribution in [0.15, 0.2) is 119 Å². The Balaban J connectivity index is 1.61. The molecule has 2 N–H and O–H groups in total. The van der Waals surface area contributed by atoms with Gasteiger partial charge in [-0.15, -0.1) is 11.8 Å². The van der Waals surface area contributed by atoms with Crippen molar-refractivity contribution >= 4 is 53.6 Å². The Morgan fingerprint density at radius 1 is 0.587 bits per heavy atom. The zero-order valence-electron chi connectivity index (χ0n) is 25.9. The number of ether oxygens (including phenoxy) is 1.